The largest absolute Gasteiger partial charge is 0.492 e. The molecule has 1 unspecified atom stereocenters. The second-order valence-electron chi connectivity index (χ2n) is 6.25. The first-order valence-electron chi connectivity index (χ1n) is 8.86. The molecule has 0 bridgehead atoms. The third-order valence-corrected chi connectivity index (χ3v) is 4.35. The van der Waals surface area contributed by atoms with E-state index in [2.05, 4.69) is 5.32 Å². The van der Waals surface area contributed by atoms with Crippen molar-refractivity contribution in [2.75, 3.05) is 13.7 Å². The fourth-order valence-electron chi connectivity index (χ4n) is 2.99. The maximum Gasteiger partial charge on any atom is 0.419 e. The molecular formula is C20H20F3NO4. The van der Waals surface area contributed by atoms with Crippen molar-refractivity contribution in [3.05, 3.63) is 59.4 Å². The molecule has 1 aliphatic rings. The van der Waals surface area contributed by atoms with E-state index in [1.54, 1.807) is 6.07 Å². The van der Waals surface area contributed by atoms with E-state index in [1.807, 2.05) is 6.92 Å². The molecular weight excluding hydrogens is 375 g/mol. The summed E-state index contributed by atoms with van der Waals surface area (Å²) in [6.45, 7) is 2.02. The van der Waals surface area contributed by atoms with Gasteiger partial charge in [0, 0.05) is 18.2 Å². The minimum absolute atomic E-state index is 0.0197. The van der Waals surface area contributed by atoms with Crippen molar-refractivity contribution in [3.8, 4) is 5.75 Å². The molecule has 8 heteroatoms. The third-order valence-electron chi connectivity index (χ3n) is 4.35. The number of nitrogens with one attached hydrogen (secondary N) is 1. The second-order valence-corrected chi connectivity index (χ2v) is 6.25. The van der Waals surface area contributed by atoms with Gasteiger partial charge in [-0.1, -0.05) is 25.5 Å². The van der Waals surface area contributed by atoms with Gasteiger partial charge in [-0.05, 0) is 18.6 Å². The highest BCUT2D eigenvalue weighted by Crippen LogP contribution is 2.45. The van der Waals surface area contributed by atoms with Crippen LogP contribution in [0.5, 0.6) is 5.75 Å². The van der Waals surface area contributed by atoms with Crippen LogP contribution in [0.3, 0.4) is 0 Å². The van der Waals surface area contributed by atoms with Crippen LogP contribution in [0, 0.1) is 0 Å². The number of ether oxygens (including phenoxy) is 2. The Hall–Kier alpha value is -2.90. The molecule has 0 fully saturated rings. The van der Waals surface area contributed by atoms with Crippen molar-refractivity contribution in [2.45, 2.75) is 32.0 Å². The van der Waals surface area contributed by atoms with E-state index in [-0.39, 0.29) is 29.4 Å². The van der Waals surface area contributed by atoms with Gasteiger partial charge in [-0.25, -0.2) is 0 Å². The lowest BCUT2D eigenvalue weighted by Gasteiger charge is -2.18. The quantitative estimate of drug-likeness (QED) is 0.689. The summed E-state index contributed by atoms with van der Waals surface area (Å²) in [7, 11) is 1.53. The van der Waals surface area contributed by atoms with Gasteiger partial charge in [0.2, 0.25) is 5.78 Å². The topological polar surface area (TPSA) is 60.7 Å². The van der Waals surface area contributed by atoms with Crippen LogP contribution < -0.4 is 10.1 Å². The van der Waals surface area contributed by atoms with E-state index >= 15 is 0 Å². The number of hydrogen-bond donors (Lipinski definition) is 1. The summed E-state index contributed by atoms with van der Waals surface area (Å²) >= 11 is 0. The normalized spacial score (nSPS) is 17.0. The summed E-state index contributed by atoms with van der Waals surface area (Å²) in [4.78, 5) is 13.0. The Morgan fingerprint density at radius 2 is 2.04 bits per heavy atom. The van der Waals surface area contributed by atoms with Crippen molar-refractivity contribution in [1.29, 1.82) is 0 Å². The van der Waals surface area contributed by atoms with Crippen LogP contribution in [-0.2, 0) is 15.7 Å². The molecule has 0 spiro atoms. The zero-order valence-corrected chi connectivity index (χ0v) is 15.4. The SMILES string of the molecule is CCCCOc1c(C2=C(NC)OC(c3ccoc3)C2=O)cccc1C(F)(F)F. The van der Waals surface area contributed by atoms with E-state index in [1.165, 1.54) is 31.7 Å². The monoisotopic (exact) mass is 395 g/mol. The first-order chi connectivity index (χ1) is 13.4. The van der Waals surface area contributed by atoms with E-state index in [4.69, 9.17) is 13.9 Å². The smallest absolute Gasteiger partial charge is 0.419 e. The lowest BCUT2D eigenvalue weighted by atomic mass is 9.95. The summed E-state index contributed by atoms with van der Waals surface area (Å²) in [6, 6.07) is 5.20. The average molecular weight is 395 g/mol. The van der Waals surface area contributed by atoms with Crippen LogP contribution >= 0.6 is 0 Å². The molecule has 0 saturated carbocycles. The van der Waals surface area contributed by atoms with Crippen molar-refractivity contribution in [1.82, 2.24) is 5.32 Å². The molecule has 5 nitrogen and oxygen atoms in total. The number of furan rings is 1. The van der Waals surface area contributed by atoms with Gasteiger partial charge in [-0.15, -0.1) is 0 Å². The van der Waals surface area contributed by atoms with Crippen LogP contribution in [0.25, 0.3) is 5.57 Å². The number of alkyl halides is 3. The van der Waals surface area contributed by atoms with Crippen LogP contribution in [0.4, 0.5) is 13.2 Å². The number of benzene rings is 1. The van der Waals surface area contributed by atoms with E-state index < -0.39 is 23.6 Å². The van der Waals surface area contributed by atoms with Gasteiger partial charge in [0.25, 0.3) is 0 Å². The minimum atomic E-state index is -4.62. The molecule has 3 rings (SSSR count). The van der Waals surface area contributed by atoms with Crippen molar-refractivity contribution in [3.63, 3.8) is 0 Å². The number of unbranched alkanes of at least 4 members (excludes halogenated alkanes) is 1. The summed E-state index contributed by atoms with van der Waals surface area (Å²) in [6.07, 6.45) is -1.50. The molecule has 0 radical (unpaired) electrons. The Bertz CT molecular complexity index is 872. The number of hydrogen-bond acceptors (Lipinski definition) is 5. The fraction of sp³-hybridized carbons (Fsp3) is 0.350. The zero-order valence-electron chi connectivity index (χ0n) is 15.4. The number of ketones is 1. The van der Waals surface area contributed by atoms with E-state index in [0.717, 1.165) is 12.5 Å². The van der Waals surface area contributed by atoms with Gasteiger partial charge in [0.15, 0.2) is 12.0 Å². The Morgan fingerprint density at radius 1 is 1.25 bits per heavy atom. The maximum absolute atomic E-state index is 13.6. The molecule has 0 saturated heterocycles. The van der Waals surface area contributed by atoms with E-state index in [9.17, 15) is 18.0 Å². The highest BCUT2D eigenvalue weighted by Gasteiger charge is 2.41. The van der Waals surface area contributed by atoms with Gasteiger partial charge in [0.05, 0.1) is 30.3 Å². The highest BCUT2D eigenvalue weighted by atomic mass is 19.4. The van der Waals surface area contributed by atoms with Crippen molar-refractivity contribution >= 4 is 11.4 Å². The number of carbonyl (C=O) groups excluding carboxylic acids is 1. The lowest BCUT2D eigenvalue weighted by Crippen LogP contribution is -2.14. The summed E-state index contributed by atoms with van der Waals surface area (Å²) in [5.41, 5.74) is -0.380. The molecule has 0 amide bonds. The summed E-state index contributed by atoms with van der Waals surface area (Å²) in [5, 5.41) is 2.76. The molecule has 1 aromatic heterocycles. The molecule has 2 aromatic rings. The van der Waals surface area contributed by atoms with Crippen LogP contribution in [0.1, 0.15) is 42.6 Å². The Kier molecular flexibility index (Phi) is 5.67. The van der Waals surface area contributed by atoms with Crippen LogP contribution in [0.2, 0.25) is 0 Å². The second kappa shape index (κ2) is 8.00. The van der Waals surface area contributed by atoms with Gasteiger partial charge in [-0.3, -0.25) is 4.79 Å². The molecule has 1 aromatic carbocycles. The molecule has 1 N–H and O–H groups in total. The van der Waals surface area contributed by atoms with Gasteiger partial charge >= 0.3 is 6.18 Å². The highest BCUT2D eigenvalue weighted by molar-refractivity contribution is 6.25. The fourth-order valence-corrected chi connectivity index (χ4v) is 2.99. The predicted molar refractivity (Wildman–Crippen MR) is 95.4 cm³/mol. The van der Waals surface area contributed by atoms with Gasteiger partial charge < -0.3 is 19.2 Å². The van der Waals surface area contributed by atoms with E-state index in [0.29, 0.717) is 12.0 Å². The van der Waals surface area contributed by atoms with Crippen molar-refractivity contribution in [2.24, 2.45) is 0 Å². The van der Waals surface area contributed by atoms with Crippen molar-refractivity contribution < 1.29 is 31.9 Å². The average Bonchev–Trinajstić information content (AvgIpc) is 3.28. The molecule has 1 aliphatic heterocycles. The molecule has 2 heterocycles. The molecule has 28 heavy (non-hydrogen) atoms. The molecule has 150 valence electrons. The maximum atomic E-state index is 13.6. The Morgan fingerprint density at radius 3 is 2.64 bits per heavy atom. The third kappa shape index (κ3) is 3.72. The summed E-state index contributed by atoms with van der Waals surface area (Å²) in [5.74, 6) is -0.739. The number of rotatable bonds is 7. The van der Waals surface area contributed by atoms with Crippen LogP contribution in [0.15, 0.2) is 47.1 Å². The number of Topliss-reactive ketones (excluding diaryl/α,β-unsaturated/α-hetero) is 1. The minimum Gasteiger partial charge on any atom is -0.492 e. The Balaban J connectivity index is 2.09. The number of halogens is 3. The zero-order chi connectivity index (χ0) is 20.3. The Labute approximate surface area is 160 Å². The standard InChI is InChI=1S/C20H20F3NO4/c1-3-4-9-27-18-13(6-5-7-14(18)20(21,22)23)15-16(25)17(28-19(15)24-2)12-8-10-26-11-12/h5-8,10-11,17,24H,3-4,9H2,1-2H3. The van der Waals surface area contributed by atoms with Gasteiger partial charge in [0.1, 0.15) is 5.75 Å². The number of carbonyl (C=O) groups is 1. The first-order valence-corrected chi connectivity index (χ1v) is 8.86. The molecule has 1 atom stereocenters. The van der Waals surface area contributed by atoms with Crippen LogP contribution in [-0.4, -0.2) is 19.4 Å². The lowest BCUT2D eigenvalue weighted by molar-refractivity contribution is -0.139. The van der Waals surface area contributed by atoms with Gasteiger partial charge in [-0.2, -0.15) is 13.2 Å². The first kappa shape index (κ1) is 19.9. The number of para-hydroxylation sites is 1. The molecule has 0 aliphatic carbocycles. The predicted octanol–water partition coefficient (Wildman–Crippen LogP) is 4.71. The summed E-state index contributed by atoms with van der Waals surface area (Å²) < 4.78 is 56.8.